The van der Waals surface area contributed by atoms with Crippen LogP contribution in [0.1, 0.15) is 20.8 Å². The fourth-order valence-electron chi connectivity index (χ4n) is 3.97. The van der Waals surface area contributed by atoms with Gasteiger partial charge in [0.2, 0.25) is 5.28 Å². The van der Waals surface area contributed by atoms with Gasteiger partial charge in [-0.25, -0.2) is 14.4 Å². The first kappa shape index (κ1) is 19.5. The summed E-state index contributed by atoms with van der Waals surface area (Å²) < 4.78 is 20.0. The second-order valence-electron chi connectivity index (χ2n) is 8.18. The SMILES string of the molecule is CC(C)(C)OC(=O)C1C2CNC1CN(c1nc(Cl)nc3c(F)c(Cl)ncc13)C2. The summed E-state index contributed by atoms with van der Waals surface area (Å²) in [5.41, 5.74) is -0.503. The van der Waals surface area contributed by atoms with E-state index in [1.54, 1.807) is 0 Å². The number of fused-ring (bicyclic) bond motifs is 3. The van der Waals surface area contributed by atoms with Crippen LogP contribution in [0.4, 0.5) is 10.2 Å². The maximum atomic E-state index is 14.4. The number of carbonyl (C=O) groups is 1. The molecule has 2 bridgehead atoms. The maximum Gasteiger partial charge on any atom is 0.311 e. The lowest BCUT2D eigenvalue weighted by molar-refractivity contribution is -0.162. The van der Waals surface area contributed by atoms with Crippen molar-refractivity contribution in [3.05, 3.63) is 22.5 Å². The van der Waals surface area contributed by atoms with Crippen molar-refractivity contribution in [2.45, 2.75) is 32.4 Å². The third-order valence-corrected chi connectivity index (χ3v) is 5.46. The number of hydrogen-bond donors (Lipinski definition) is 1. The number of piperidine rings is 1. The summed E-state index contributed by atoms with van der Waals surface area (Å²) >= 11 is 11.8. The second-order valence-corrected chi connectivity index (χ2v) is 8.88. The highest BCUT2D eigenvalue weighted by Crippen LogP contribution is 2.36. The van der Waals surface area contributed by atoms with Crippen LogP contribution in [0.2, 0.25) is 10.4 Å². The molecule has 2 aromatic heterocycles. The molecular formula is C18H20Cl2FN5O2. The molecule has 2 aliphatic heterocycles. The Hall–Kier alpha value is -1.77. The molecule has 2 aliphatic rings. The highest BCUT2D eigenvalue weighted by molar-refractivity contribution is 6.30. The Morgan fingerprint density at radius 2 is 2.07 bits per heavy atom. The van der Waals surface area contributed by atoms with Crippen LogP contribution in [-0.2, 0) is 9.53 Å². The topological polar surface area (TPSA) is 80.2 Å². The first-order valence-corrected chi connectivity index (χ1v) is 9.78. The number of hydrogen-bond acceptors (Lipinski definition) is 7. The van der Waals surface area contributed by atoms with Crippen LogP contribution in [0, 0.1) is 17.7 Å². The number of carbonyl (C=O) groups excluding carboxylic acids is 1. The van der Waals surface area contributed by atoms with Crippen LogP contribution >= 0.6 is 23.2 Å². The lowest BCUT2D eigenvalue weighted by Gasteiger charge is -2.38. The molecule has 3 unspecified atom stereocenters. The highest BCUT2D eigenvalue weighted by atomic mass is 35.5. The van der Waals surface area contributed by atoms with Crippen molar-refractivity contribution < 1.29 is 13.9 Å². The molecular weight excluding hydrogens is 408 g/mol. The normalized spacial score (nSPS) is 24.6. The van der Waals surface area contributed by atoms with Crippen LogP contribution in [-0.4, -0.2) is 52.2 Å². The molecule has 1 N–H and O–H groups in total. The van der Waals surface area contributed by atoms with Gasteiger partial charge in [-0.1, -0.05) is 11.6 Å². The minimum absolute atomic E-state index is 0.0320. The van der Waals surface area contributed by atoms with Crippen molar-refractivity contribution in [1.29, 1.82) is 0 Å². The van der Waals surface area contributed by atoms with E-state index in [0.717, 1.165) is 0 Å². The van der Waals surface area contributed by atoms with Gasteiger partial charge < -0.3 is 15.0 Å². The van der Waals surface area contributed by atoms with E-state index >= 15 is 0 Å². The molecule has 7 nitrogen and oxygen atoms in total. The number of halogens is 3. The molecule has 0 spiro atoms. The van der Waals surface area contributed by atoms with Crippen molar-refractivity contribution in [2.24, 2.45) is 11.8 Å². The standard InChI is InChI=1S/C18H20Cl2FN5O2/c1-18(2,3)28-16(27)11-8-4-22-10(11)7-26(6-8)15-9-5-23-14(19)12(21)13(9)24-17(20)25-15/h5,8,10-11,22H,4,6-7H2,1-3H3. The number of rotatable bonds is 2. The molecule has 0 radical (unpaired) electrons. The Kier molecular flexibility index (Phi) is 4.84. The quantitative estimate of drug-likeness (QED) is 0.448. The lowest BCUT2D eigenvalue weighted by atomic mass is 9.86. The van der Waals surface area contributed by atoms with E-state index < -0.39 is 11.4 Å². The van der Waals surface area contributed by atoms with E-state index in [2.05, 4.69) is 20.3 Å². The third-order valence-electron chi connectivity index (χ3n) is 5.03. The Balaban J connectivity index is 1.65. The van der Waals surface area contributed by atoms with E-state index in [9.17, 15) is 9.18 Å². The van der Waals surface area contributed by atoms with E-state index in [0.29, 0.717) is 30.8 Å². The van der Waals surface area contributed by atoms with Crippen molar-refractivity contribution in [1.82, 2.24) is 20.3 Å². The van der Waals surface area contributed by atoms with Gasteiger partial charge in [-0.15, -0.1) is 0 Å². The molecule has 2 saturated heterocycles. The van der Waals surface area contributed by atoms with E-state index in [1.807, 2.05) is 25.7 Å². The Bertz CT molecular complexity index is 938. The minimum atomic E-state index is -0.727. The molecule has 2 fully saturated rings. The number of ether oxygens (including phenoxy) is 1. The third kappa shape index (κ3) is 3.49. The van der Waals surface area contributed by atoms with Gasteiger partial charge in [-0.2, -0.15) is 4.98 Å². The fourth-order valence-corrected chi connectivity index (χ4v) is 4.27. The molecule has 0 aliphatic carbocycles. The first-order chi connectivity index (χ1) is 13.1. The minimum Gasteiger partial charge on any atom is -0.460 e. The molecule has 10 heteroatoms. The average molecular weight is 428 g/mol. The van der Waals surface area contributed by atoms with Crippen LogP contribution in [0.25, 0.3) is 10.9 Å². The summed E-state index contributed by atoms with van der Waals surface area (Å²) in [6.07, 6.45) is 1.45. The zero-order valence-electron chi connectivity index (χ0n) is 15.7. The zero-order valence-corrected chi connectivity index (χ0v) is 17.2. The zero-order chi connectivity index (χ0) is 20.2. The molecule has 4 heterocycles. The number of pyridine rings is 1. The van der Waals surface area contributed by atoms with Gasteiger partial charge >= 0.3 is 5.97 Å². The number of aromatic nitrogens is 3. The fraction of sp³-hybridized carbons (Fsp3) is 0.556. The summed E-state index contributed by atoms with van der Waals surface area (Å²) in [6, 6.07) is -0.0949. The van der Waals surface area contributed by atoms with Gasteiger partial charge in [0.1, 0.15) is 16.9 Å². The number of nitrogens with one attached hydrogen (secondary N) is 1. The summed E-state index contributed by atoms with van der Waals surface area (Å²) in [4.78, 5) is 26.8. The largest absolute Gasteiger partial charge is 0.460 e. The number of nitrogens with zero attached hydrogens (tertiary/aromatic N) is 4. The molecule has 4 rings (SSSR count). The monoisotopic (exact) mass is 427 g/mol. The second kappa shape index (κ2) is 6.93. The predicted octanol–water partition coefficient (Wildman–Crippen LogP) is 2.84. The van der Waals surface area contributed by atoms with Gasteiger partial charge in [0.05, 0.1) is 11.3 Å². The van der Waals surface area contributed by atoms with Crippen molar-refractivity contribution in [3.63, 3.8) is 0 Å². The Labute approximate surface area is 171 Å². The van der Waals surface area contributed by atoms with Crippen LogP contribution in [0.3, 0.4) is 0 Å². The lowest BCUT2D eigenvalue weighted by Crippen LogP contribution is -2.51. The summed E-state index contributed by atoms with van der Waals surface area (Å²) in [5.74, 6) is -0.628. The van der Waals surface area contributed by atoms with E-state index in [4.69, 9.17) is 27.9 Å². The molecule has 0 aromatic carbocycles. The number of esters is 1. The van der Waals surface area contributed by atoms with Crippen molar-refractivity contribution in [2.75, 3.05) is 24.5 Å². The summed E-state index contributed by atoms with van der Waals surface area (Å²) in [7, 11) is 0. The van der Waals surface area contributed by atoms with Crippen molar-refractivity contribution >= 4 is 45.9 Å². The number of anilines is 1. The average Bonchev–Trinajstić information content (AvgIpc) is 2.87. The molecule has 150 valence electrons. The van der Waals surface area contributed by atoms with Gasteiger partial charge in [-0.05, 0) is 32.4 Å². The maximum absolute atomic E-state index is 14.4. The summed E-state index contributed by atoms with van der Waals surface area (Å²) in [6.45, 7) is 7.33. The van der Waals surface area contributed by atoms with Crippen molar-refractivity contribution in [3.8, 4) is 0 Å². The Morgan fingerprint density at radius 1 is 1.32 bits per heavy atom. The summed E-state index contributed by atoms with van der Waals surface area (Å²) in [5, 5.41) is 3.48. The molecule has 28 heavy (non-hydrogen) atoms. The van der Waals surface area contributed by atoms with E-state index in [-0.39, 0.29) is 39.8 Å². The molecule has 0 saturated carbocycles. The van der Waals surface area contributed by atoms with Crippen LogP contribution < -0.4 is 10.2 Å². The van der Waals surface area contributed by atoms with Gasteiger partial charge in [0.25, 0.3) is 0 Å². The van der Waals surface area contributed by atoms with Crippen LogP contribution in [0.5, 0.6) is 0 Å². The highest BCUT2D eigenvalue weighted by Gasteiger charge is 2.48. The van der Waals surface area contributed by atoms with Gasteiger partial charge in [-0.3, -0.25) is 4.79 Å². The smallest absolute Gasteiger partial charge is 0.311 e. The van der Waals surface area contributed by atoms with E-state index in [1.165, 1.54) is 6.20 Å². The van der Waals surface area contributed by atoms with Gasteiger partial charge in [0, 0.05) is 37.8 Å². The Morgan fingerprint density at radius 3 is 2.75 bits per heavy atom. The van der Waals surface area contributed by atoms with Gasteiger partial charge in [0.15, 0.2) is 11.0 Å². The van der Waals surface area contributed by atoms with Crippen LogP contribution in [0.15, 0.2) is 6.20 Å². The molecule has 2 aromatic rings. The molecule has 0 amide bonds. The molecule has 3 atom stereocenters. The first-order valence-electron chi connectivity index (χ1n) is 9.02. The predicted molar refractivity (Wildman–Crippen MR) is 104 cm³/mol.